The molecule has 0 saturated carbocycles. The van der Waals surface area contributed by atoms with E-state index in [9.17, 15) is 0 Å². The lowest BCUT2D eigenvalue weighted by molar-refractivity contribution is 0.399. The molecule has 104 valence electrons. The van der Waals surface area contributed by atoms with Crippen LogP contribution in [0.2, 0.25) is 0 Å². The number of hydrogen-bond donors (Lipinski definition) is 0. The summed E-state index contributed by atoms with van der Waals surface area (Å²) in [5, 5.41) is 0. The third-order valence-electron chi connectivity index (χ3n) is 3.04. The molecule has 2 aromatic carbocycles. The van der Waals surface area contributed by atoms with Gasteiger partial charge < -0.3 is 9.47 Å². The minimum absolute atomic E-state index is 0.721. The van der Waals surface area contributed by atoms with Gasteiger partial charge in [-0.05, 0) is 35.7 Å². The molecule has 0 bridgehead atoms. The first-order valence-electron chi connectivity index (χ1n) is 6.59. The van der Waals surface area contributed by atoms with Gasteiger partial charge in [0.25, 0.3) is 0 Å². The fourth-order valence-corrected chi connectivity index (χ4v) is 1.97. The van der Waals surface area contributed by atoms with Crippen LogP contribution >= 0.6 is 0 Å². The zero-order valence-corrected chi connectivity index (χ0v) is 11.9. The van der Waals surface area contributed by atoms with E-state index in [4.69, 9.17) is 9.47 Å². The van der Waals surface area contributed by atoms with Gasteiger partial charge in [-0.1, -0.05) is 30.3 Å². The van der Waals surface area contributed by atoms with E-state index >= 15 is 0 Å². The van der Waals surface area contributed by atoms with Gasteiger partial charge in [-0.15, -0.1) is 0 Å². The molecule has 0 unspecified atom stereocenters. The zero-order chi connectivity index (χ0) is 14.2. The number of methoxy groups -OCH3 is 2. The summed E-state index contributed by atoms with van der Waals surface area (Å²) in [5.41, 5.74) is 2.22. The Hall–Kier alpha value is -2.29. The van der Waals surface area contributed by atoms with Gasteiger partial charge in [0.05, 0.1) is 14.2 Å². The van der Waals surface area contributed by atoms with E-state index in [0.29, 0.717) is 0 Å². The highest BCUT2D eigenvalue weighted by atomic mass is 16.5. The van der Waals surface area contributed by atoms with E-state index in [-0.39, 0.29) is 0 Å². The van der Waals surface area contributed by atoms with E-state index in [2.05, 4.69) is 4.99 Å². The van der Waals surface area contributed by atoms with Crippen LogP contribution in [0.4, 0.5) is 0 Å². The molecule has 0 aliphatic rings. The van der Waals surface area contributed by atoms with Gasteiger partial charge >= 0.3 is 0 Å². The Bertz CT molecular complexity index is 564. The molecule has 0 aliphatic heterocycles. The molecule has 2 aromatic rings. The fraction of sp³-hybridized carbons (Fsp3) is 0.235. The largest absolute Gasteiger partial charge is 0.497 e. The van der Waals surface area contributed by atoms with Crippen molar-refractivity contribution in [1.82, 2.24) is 0 Å². The Morgan fingerprint density at radius 3 is 2.50 bits per heavy atom. The molecule has 0 aromatic heterocycles. The molecule has 3 nitrogen and oxygen atoms in total. The predicted octanol–water partition coefficient (Wildman–Crippen LogP) is 3.37. The topological polar surface area (TPSA) is 30.8 Å². The van der Waals surface area contributed by atoms with Crippen LogP contribution in [-0.2, 0) is 6.42 Å². The van der Waals surface area contributed by atoms with Crippen LogP contribution in [0.15, 0.2) is 53.5 Å². The number of hydrogen-bond acceptors (Lipinski definition) is 3. The Balaban J connectivity index is 1.98. The van der Waals surface area contributed by atoms with Crippen molar-refractivity contribution in [2.45, 2.75) is 6.42 Å². The second-order valence-electron chi connectivity index (χ2n) is 4.37. The van der Waals surface area contributed by atoms with E-state index in [1.165, 1.54) is 0 Å². The first kappa shape index (κ1) is 14.1. The number of aliphatic imine (C=N–C) groups is 1. The van der Waals surface area contributed by atoms with Gasteiger partial charge in [-0.3, -0.25) is 4.99 Å². The summed E-state index contributed by atoms with van der Waals surface area (Å²) < 4.78 is 10.6. The van der Waals surface area contributed by atoms with Crippen molar-refractivity contribution in [1.29, 1.82) is 0 Å². The van der Waals surface area contributed by atoms with E-state index in [0.717, 1.165) is 35.6 Å². The average Bonchev–Trinajstić information content (AvgIpc) is 2.52. The molecule has 20 heavy (non-hydrogen) atoms. The number of nitrogens with zero attached hydrogens (tertiary/aromatic N) is 1. The van der Waals surface area contributed by atoms with Crippen molar-refractivity contribution in [2.24, 2.45) is 4.99 Å². The lowest BCUT2D eigenvalue weighted by atomic mass is 10.1. The molecule has 0 aliphatic carbocycles. The number of ether oxygens (including phenoxy) is 2. The predicted molar refractivity (Wildman–Crippen MR) is 82.2 cm³/mol. The van der Waals surface area contributed by atoms with Crippen molar-refractivity contribution >= 4 is 6.21 Å². The summed E-state index contributed by atoms with van der Waals surface area (Å²) in [5.74, 6) is 1.72. The Labute approximate surface area is 119 Å². The quantitative estimate of drug-likeness (QED) is 0.753. The van der Waals surface area contributed by atoms with Gasteiger partial charge in [0, 0.05) is 12.8 Å². The first-order valence-corrected chi connectivity index (χ1v) is 6.59. The third-order valence-corrected chi connectivity index (χ3v) is 3.04. The van der Waals surface area contributed by atoms with Gasteiger partial charge in [0.15, 0.2) is 0 Å². The van der Waals surface area contributed by atoms with Gasteiger partial charge in [-0.2, -0.15) is 0 Å². The van der Waals surface area contributed by atoms with Crippen LogP contribution < -0.4 is 9.47 Å². The molecule has 0 atom stereocenters. The van der Waals surface area contributed by atoms with Crippen LogP contribution in [0.1, 0.15) is 11.1 Å². The maximum atomic E-state index is 5.35. The smallest absolute Gasteiger partial charge is 0.122 e. The Morgan fingerprint density at radius 1 is 1.00 bits per heavy atom. The minimum Gasteiger partial charge on any atom is -0.497 e. The Morgan fingerprint density at radius 2 is 1.80 bits per heavy atom. The average molecular weight is 269 g/mol. The third kappa shape index (κ3) is 3.85. The van der Waals surface area contributed by atoms with Crippen molar-refractivity contribution in [3.05, 3.63) is 59.7 Å². The Kier molecular flexibility index (Phi) is 5.18. The first-order chi connectivity index (χ1) is 9.83. The van der Waals surface area contributed by atoms with Crippen molar-refractivity contribution in [3.8, 4) is 11.5 Å². The maximum Gasteiger partial charge on any atom is 0.122 e. The number of rotatable bonds is 6. The van der Waals surface area contributed by atoms with Crippen LogP contribution in [0.25, 0.3) is 0 Å². The lowest BCUT2D eigenvalue weighted by Crippen LogP contribution is -1.96. The fourth-order valence-electron chi connectivity index (χ4n) is 1.97. The van der Waals surface area contributed by atoms with Crippen LogP contribution in [-0.4, -0.2) is 27.0 Å². The number of benzene rings is 2. The van der Waals surface area contributed by atoms with Crippen LogP contribution in [0.3, 0.4) is 0 Å². The summed E-state index contributed by atoms with van der Waals surface area (Å²) in [6, 6.07) is 15.9. The van der Waals surface area contributed by atoms with E-state index in [1.807, 2.05) is 54.7 Å². The second-order valence-corrected chi connectivity index (χ2v) is 4.37. The summed E-state index contributed by atoms with van der Waals surface area (Å²) >= 11 is 0. The van der Waals surface area contributed by atoms with Gasteiger partial charge in [0.2, 0.25) is 0 Å². The standard InChI is InChI=1S/C17H19NO2/c1-19-16-8-9-17(20-2)15(12-16)10-11-18-13-14-6-4-3-5-7-14/h3-9,12-13H,10-11H2,1-2H3. The second kappa shape index (κ2) is 7.34. The van der Waals surface area contributed by atoms with Crippen molar-refractivity contribution in [2.75, 3.05) is 20.8 Å². The molecule has 0 heterocycles. The molecule has 0 N–H and O–H groups in total. The molecule has 3 heteroatoms. The SMILES string of the molecule is COc1ccc(OC)c(CCN=Cc2ccccc2)c1. The van der Waals surface area contributed by atoms with E-state index in [1.54, 1.807) is 14.2 Å². The van der Waals surface area contributed by atoms with Crippen LogP contribution in [0.5, 0.6) is 11.5 Å². The maximum absolute atomic E-state index is 5.35. The zero-order valence-electron chi connectivity index (χ0n) is 11.9. The van der Waals surface area contributed by atoms with Gasteiger partial charge in [-0.25, -0.2) is 0 Å². The molecular formula is C17H19NO2. The monoisotopic (exact) mass is 269 g/mol. The van der Waals surface area contributed by atoms with Crippen molar-refractivity contribution < 1.29 is 9.47 Å². The molecule has 0 radical (unpaired) electrons. The summed E-state index contributed by atoms with van der Waals surface area (Å²) in [6.45, 7) is 0.721. The summed E-state index contributed by atoms with van der Waals surface area (Å²) in [6.07, 6.45) is 2.72. The molecule has 0 amide bonds. The molecule has 2 rings (SSSR count). The molecular weight excluding hydrogens is 250 g/mol. The summed E-state index contributed by atoms with van der Waals surface area (Å²) in [4.78, 5) is 4.45. The normalized spacial score (nSPS) is 10.7. The molecule has 0 saturated heterocycles. The highest BCUT2D eigenvalue weighted by molar-refractivity contribution is 5.79. The highest BCUT2D eigenvalue weighted by Crippen LogP contribution is 2.24. The molecule has 0 spiro atoms. The van der Waals surface area contributed by atoms with Gasteiger partial charge in [0.1, 0.15) is 11.5 Å². The van der Waals surface area contributed by atoms with Crippen molar-refractivity contribution in [3.63, 3.8) is 0 Å². The summed E-state index contributed by atoms with van der Waals surface area (Å²) in [7, 11) is 3.34. The minimum atomic E-state index is 0.721. The lowest BCUT2D eigenvalue weighted by Gasteiger charge is -2.09. The van der Waals surface area contributed by atoms with Crippen LogP contribution in [0, 0.1) is 0 Å². The van der Waals surface area contributed by atoms with E-state index < -0.39 is 0 Å². The highest BCUT2D eigenvalue weighted by Gasteiger charge is 2.04. The molecule has 0 fully saturated rings.